The summed E-state index contributed by atoms with van der Waals surface area (Å²) in [5.41, 5.74) is 6.27. The number of rotatable bonds is 5. The van der Waals surface area contributed by atoms with Crippen molar-refractivity contribution in [1.82, 2.24) is 4.90 Å². The highest BCUT2D eigenvalue weighted by atomic mass is 35.5. The number of nitrogens with one attached hydrogen (secondary N) is 1. The van der Waals surface area contributed by atoms with Crippen molar-refractivity contribution in [3.8, 4) is 0 Å². The molecule has 1 amide bonds. The Balaban J connectivity index is 1.97. The maximum Gasteiger partial charge on any atom is 0.238 e. The molecule has 0 saturated carbocycles. The molecule has 22 heavy (non-hydrogen) atoms. The molecular formula is C15H21Cl2N3O2. The third-order valence-corrected chi connectivity index (χ3v) is 4.60. The van der Waals surface area contributed by atoms with Crippen LogP contribution in [0.15, 0.2) is 18.2 Å². The molecule has 1 heterocycles. The largest absolute Gasteiger partial charge is 0.381 e. The lowest BCUT2D eigenvalue weighted by molar-refractivity contribution is -0.118. The Bertz CT molecular complexity index is 507. The number of likely N-dealkylation sites (tertiary alicyclic amines) is 1. The summed E-state index contributed by atoms with van der Waals surface area (Å²) < 4.78 is 5.39. The van der Waals surface area contributed by atoms with Crippen LogP contribution in [0.25, 0.3) is 0 Å². The Morgan fingerprint density at radius 2 is 2.14 bits per heavy atom. The highest BCUT2D eigenvalue weighted by Crippen LogP contribution is 2.29. The first kappa shape index (κ1) is 17.5. The fourth-order valence-electron chi connectivity index (χ4n) is 2.71. The lowest BCUT2D eigenvalue weighted by atomic mass is 9.99. The van der Waals surface area contributed by atoms with Crippen LogP contribution in [0.4, 0.5) is 5.69 Å². The smallest absolute Gasteiger partial charge is 0.238 e. The first-order valence-corrected chi connectivity index (χ1v) is 8.01. The molecule has 2 atom stereocenters. The van der Waals surface area contributed by atoms with Crippen LogP contribution in [-0.2, 0) is 9.53 Å². The van der Waals surface area contributed by atoms with Crippen LogP contribution in [0.3, 0.4) is 0 Å². The minimum atomic E-state index is -0.149. The van der Waals surface area contributed by atoms with Gasteiger partial charge in [-0.3, -0.25) is 9.69 Å². The number of amides is 1. The SMILES string of the molecule is COC1CCN(CC(=O)Nc2c(Cl)cccc2Cl)C(CN)C1. The molecule has 1 aromatic carbocycles. The van der Waals surface area contributed by atoms with Gasteiger partial charge in [0.25, 0.3) is 0 Å². The second kappa shape index (κ2) is 8.13. The number of para-hydroxylation sites is 1. The fraction of sp³-hybridized carbons (Fsp3) is 0.533. The Labute approximate surface area is 140 Å². The minimum absolute atomic E-state index is 0.145. The molecule has 1 saturated heterocycles. The number of halogens is 2. The Morgan fingerprint density at radius 3 is 2.73 bits per heavy atom. The Kier molecular flexibility index (Phi) is 6.47. The van der Waals surface area contributed by atoms with Crippen molar-refractivity contribution in [2.75, 3.05) is 32.1 Å². The molecule has 3 N–H and O–H groups in total. The van der Waals surface area contributed by atoms with Gasteiger partial charge >= 0.3 is 0 Å². The maximum atomic E-state index is 12.3. The van der Waals surface area contributed by atoms with Crippen molar-refractivity contribution in [2.45, 2.75) is 25.0 Å². The van der Waals surface area contributed by atoms with Gasteiger partial charge in [-0.15, -0.1) is 0 Å². The molecule has 122 valence electrons. The second-order valence-corrected chi connectivity index (χ2v) is 6.20. The fourth-order valence-corrected chi connectivity index (χ4v) is 3.20. The molecule has 1 aromatic rings. The summed E-state index contributed by atoms with van der Waals surface area (Å²) in [4.78, 5) is 14.3. The number of nitrogens with two attached hydrogens (primary N) is 1. The summed E-state index contributed by atoms with van der Waals surface area (Å²) >= 11 is 12.1. The first-order valence-electron chi connectivity index (χ1n) is 7.26. The molecule has 0 bridgehead atoms. The number of benzene rings is 1. The van der Waals surface area contributed by atoms with Gasteiger partial charge in [0, 0.05) is 26.2 Å². The van der Waals surface area contributed by atoms with E-state index in [9.17, 15) is 4.79 Å². The van der Waals surface area contributed by atoms with E-state index < -0.39 is 0 Å². The minimum Gasteiger partial charge on any atom is -0.381 e. The summed E-state index contributed by atoms with van der Waals surface area (Å²) in [7, 11) is 1.71. The summed E-state index contributed by atoms with van der Waals surface area (Å²) in [6, 6.07) is 5.26. The van der Waals surface area contributed by atoms with Gasteiger partial charge in [-0.1, -0.05) is 29.3 Å². The molecule has 1 fully saturated rings. The van der Waals surface area contributed by atoms with Gasteiger partial charge in [-0.2, -0.15) is 0 Å². The second-order valence-electron chi connectivity index (χ2n) is 5.39. The molecule has 2 unspecified atom stereocenters. The molecule has 1 aliphatic rings. The number of carbonyl (C=O) groups is 1. The maximum absolute atomic E-state index is 12.3. The van der Waals surface area contributed by atoms with Gasteiger partial charge in [0.1, 0.15) is 0 Å². The zero-order chi connectivity index (χ0) is 16.1. The third-order valence-electron chi connectivity index (χ3n) is 3.97. The number of hydrogen-bond donors (Lipinski definition) is 2. The topological polar surface area (TPSA) is 67.6 Å². The number of nitrogens with zero attached hydrogens (tertiary/aromatic N) is 1. The molecule has 2 rings (SSSR count). The lowest BCUT2D eigenvalue weighted by Gasteiger charge is -2.37. The summed E-state index contributed by atoms with van der Waals surface area (Å²) in [6.07, 6.45) is 1.95. The van der Waals surface area contributed by atoms with Gasteiger partial charge in [0.2, 0.25) is 5.91 Å². The first-order chi connectivity index (χ1) is 10.5. The number of methoxy groups -OCH3 is 1. The predicted octanol–water partition coefficient (Wildman–Crippen LogP) is 2.37. The Hall–Kier alpha value is -0.850. The number of anilines is 1. The molecule has 0 aromatic heterocycles. The average molecular weight is 346 g/mol. The molecule has 7 heteroatoms. The van der Waals surface area contributed by atoms with Crippen molar-refractivity contribution < 1.29 is 9.53 Å². The van der Waals surface area contributed by atoms with Crippen LogP contribution in [0, 0.1) is 0 Å². The molecule has 0 radical (unpaired) electrons. The van der Waals surface area contributed by atoms with Gasteiger partial charge in [-0.05, 0) is 25.0 Å². The number of piperidine rings is 1. The lowest BCUT2D eigenvalue weighted by Crippen LogP contribution is -2.51. The van der Waals surface area contributed by atoms with Crippen LogP contribution >= 0.6 is 23.2 Å². The third kappa shape index (κ3) is 4.33. The predicted molar refractivity (Wildman–Crippen MR) is 89.5 cm³/mol. The van der Waals surface area contributed by atoms with E-state index in [2.05, 4.69) is 10.2 Å². The van der Waals surface area contributed by atoms with Crippen LogP contribution in [0.1, 0.15) is 12.8 Å². The van der Waals surface area contributed by atoms with Crippen LogP contribution in [-0.4, -0.2) is 49.7 Å². The highest BCUT2D eigenvalue weighted by Gasteiger charge is 2.28. The van der Waals surface area contributed by atoms with Crippen molar-refractivity contribution in [3.05, 3.63) is 28.2 Å². The number of hydrogen-bond acceptors (Lipinski definition) is 4. The van der Waals surface area contributed by atoms with E-state index in [4.69, 9.17) is 33.7 Å². The van der Waals surface area contributed by atoms with Crippen LogP contribution < -0.4 is 11.1 Å². The van der Waals surface area contributed by atoms with Gasteiger partial charge in [-0.25, -0.2) is 0 Å². The van der Waals surface area contributed by atoms with E-state index in [0.29, 0.717) is 22.3 Å². The molecule has 1 aliphatic heterocycles. The van der Waals surface area contributed by atoms with Gasteiger partial charge < -0.3 is 15.8 Å². The summed E-state index contributed by atoms with van der Waals surface area (Å²) in [5.74, 6) is -0.149. The van der Waals surface area contributed by atoms with Crippen molar-refractivity contribution in [3.63, 3.8) is 0 Å². The standard InChI is InChI=1S/C15H21Cl2N3O2/c1-22-11-5-6-20(10(7-11)8-18)9-14(21)19-15-12(16)3-2-4-13(15)17/h2-4,10-11H,5-9,18H2,1H3,(H,19,21). The van der Waals surface area contributed by atoms with Gasteiger partial charge in [0.15, 0.2) is 0 Å². The van der Waals surface area contributed by atoms with Crippen LogP contribution in [0.5, 0.6) is 0 Å². The zero-order valence-corrected chi connectivity index (χ0v) is 14.0. The number of carbonyl (C=O) groups excluding carboxylic acids is 1. The zero-order valence-electron chi connectivity index (χ0n) is 12.5. The van der Waals surface area contributed by atoms with E-state index in [0.717, 1.165) is 19.4 Å². The monoisotopic (exact) mass is 345 g/mol. The molecule has 5 nitrogen and oxygen atoms in total. The number of ether oxygens (including phenoxy) is 1. The summed E-state index contributed by atoms with van der Waals surface area (Å²) in [5, 5.41) is 3.63. The summed E-state index contributed by atoms with van der Waals surface area (Å²) in [6.45, 7) is 1.55. The quantitative estimate of drug-likeness (QED) is 0.859. The van der Waals surface area contributed by atoms with Crippen molar-refractivity contribution >= 4 is 34.8 Å². The average Bonchev–Trinajstić information content (AvgIpc) is 2.51. The van der Waals surface area contributed by atoms with Crippen molar-refractivity contribution in [1.29, 1.82) is 0 Å². The van der Waals surface area contributed by atoms with E-state index in [1.54, 1.807) is 25.3 Å². The molecule has 0 spiro atoms. The van der Waals surface area contributed by atoms with E-state index in [-0.39, 0.29) is 24.6 Å². The van der Waals surface area contributed by atoms with Gasteiger partial charge in [0.05, 0.1) is 28.4 Å². The van der Waals surface area contributed by atoms with E-state index in [1.807, 2.05) is 0 Å². The van der Waals surface area contributed by atoms with E-state index >= 15 is 0 Å². The normalized spacial score (nSPS) is 22.5. The van der Waals surface area contributed by atoms with E-state index in [1.165, 1.54) is 0 Å². The highest BCUT2D eigenvalue weighted by molar-refractivity contribution is 6.39. The Morgan fingerprint density at radius 1 is 1.45 bits per heavy atom. The van der Waals surface area contributed by atoms with Crippen molar-refractivity contribution in [2.24, 2.45) is 5.73 Å². The molecular weight excluding hydrogens is 325 g/mol. The van der Waals surface area contributed by atoms with Crippen LogP contribution in [0.2, 0.25) is 10.0 Å². The molecule has 0 aliphatic carbocycles.